The van der Waals surface area contributed by atoms with Crippen molar-refractivity contribution < 1.29 is 18.3 Å². The van der Waals surface area contributed by atoms with Crippen LogP contribution in [0.1, 0.15) is 44.6 Å². The molecule has 2 N–H and O–H groups in total. The second-order valence-corrected chi connectivity index (χ2v) is 10.9. The average molecular weight is 565 g/mol. The zero-order chi connectivity index (χ0) is 29.3. The summed E-state index contributed by atoms with van der Waals surface area (Å²) in [6.07, 6.45) is 3.10. The van der Waals surface area contributed by atoms with E-state index in [2.05, 4.69) is 35.5 Å². The van der Waals surface area contributed by atoms with Gasteiger partial charge in [0.2, 0.25) is 11.9 Å². The highest BCUT2D eigenvalue weighted by Crippen LogP contribution is 2.30. The smallest absolute Gasteiger partial charge is 0.229 e. The largest absolute Gasteiger partial charge is 0.372 e. The number of pyridine rings is 1. The molecule has 41 heavy (non-hydrogen) atoms. The normalized spacial score (nSPS) is 17.8. The van der Waals surface area contributed by atoms with Crippen molar-refractivity contribution in [3.8, 4) is 11.3 Å². The lowest BCUT2D eigenvalue weighted by atomic mass is 9.99. The number of anilines is 2. The van der Waals surface area contributed by atoms with Gasteiger partial charge >= 0.3 is 0 Å². The predicted octanol–water partition coefficient (Wildman–Crippen LogP) is 4.53. The summed E-state index contributed by atoms with van der Waals surface area (Å²) in [4.78, 5) is 31.3. The van der Waals surface area contributed by atoms with Crippen LogP contribution in [0.25, 0.3) is 22.3 Å². The third kappa shape index (κ3) is 6.18. The summed E-state index contributed by atoms with van der Waals surface area (Å²) in [6, 6.07) is 6.72. The van der Waals surface area contributed by atoms with E-state index in [-0.39, 0.29) is 34.7 Å². The molecule has 0 saturated carbocycles. The van der Waals surface area contributed by atoms with Crippen LogP contribution in [-0.4, -0.2) is 67.7 Å². The number of carbonyl (C=O) groups excluding carboxylic acids is 1. The quantitative estimate of drug-likeness (QED) is 0.321. The minimum Gasteiger partial charge on any atom is -0.372 e. The predicted molar refractivity (Wildman–Crippen MR) is 152 cm³/mol. The maximum Gasteiger partial charge on any atom is 0.229 e. The second kappa shape index (κ2) is 11.5. The van der Waals surface area contributed by atoms with E-state index in [0.717, 1.165) is 18.3 Å². The lowest BCUT2D eigenvalue weighted by molar-refractivity contribution is -0.137. The summed E-state index contributed by atoms with van der Waals surface area (Å²) in [5.74, 6) is 0.0257. The molecule has 1 aliphatic rings. The number of fused-ring (bicyclic) bond motifs is 1. The zero-order valence-corrected chi connectivity index (χ0v) is 23.8. The van der Waals surface area contributed by atoms with Gasteiger partial charge in [-0.1, -0.05) is 6.07 Å². The van der Waals surface area contributed by atoms with Gasteiger partial charge in [-0.05, 0) is 51.5 Å². The molecule has 0 radical (unpaired) electrons. The Balaban J connectivity index is 1.31. The van der Waals surface area contributed by atoms with Crippen LogP contribution in [0.5, 0.6) is 0 Å². The SMILES string of the molecule is CNC(=O)C[C@]1(C)CN(Cc2ccc(Nc3ncc(F)c(-c4cc(F)c5nc(C)n(C(C)C)c5c4)n3)nc2)CCO1. The van der Waals surface area contributed by atoms with Crippen LogP contribution in [0.4, 0.5) is 20.5 Å². The molecule has 1 fully saturated rings. The fourth-order valence-corrected chi connectivity index (χ4v) is 5.34. The van der Waals surface area contributed by atoms with Crippen LogP contribution < -0.4 is 10.6 Å². The Bertz CT molecular complexity index is 1570. The summed E-state index contributed by atoms with van der Waals surface area (Å²) in [5, 5.41) is 5.66. The van der Waals surface area contributed by atoms with E-state index in [0.29, 0.717) is 43.3 Å². The number of morpholine rings is 1. The average Bonchev–Trinajstić information content (AvgIpc) is 3.27. The maximum absolute atomic E-state index is 15.0. The maximum atomic E-state index is 15.0. The molecule has 1 atom stereocenters. The first-order valence-electron chi connectivity index (χ1n) is 13.5. The van der Waals surface area contributed by atoms with Gasteiger partial charge in [-0.2, -0.15) is 0 Å². The zero-order valence-electron chi connectivity index (χ0n) is 23.8. The van der Waals surface area contributed by atoms with Crippen LogP contribution in [0.3, 0.4) is 0 Å². The van der Waals surface area contributed by atoms with Crippen molar-refractivity contribution in [3.05, 3.63) is 59.7 Å². The van der Waals surface area contributed by atoms with Gasteiger partial charge in [0.15, 0.2) is 11.6 Å². The minimum atomic E-state index is -0.668. The monoisotopic (exact) mass is 564 g/mol. The highest BCUT2D eigenvalue weighted by molar-refractivity contribution is 5.83. The molecule has 4 aromatic rings. The highest BCUT2D eigenvalue weighted by Gasteiger charge is 2.34. The van der Waals surface area contributed by atoms with Gasteiger partial charge in [-0.25, -0.2) is 28.7 Å². The molecule has 0 bridgehead atoms. The fourth-order valence-electron chi connectivity index (χ4n) is 5.34. The van der Waals surface area contributed by atoms with Gasteiger partial charge in [-0.15, -0.1) is 0 Å². The van der Waals surface area contributed by atoms with Crippen molar-refractivity contribution in [2.45, 2.75) is 52.3 Å². The van der Waals surface area contributed by atoms with E-state index in [1.807, 2.05) is 38.3 Å². The van der Waals surface area contributed by atoms with E-state index in [1.165, 1.54) is 6.07 Å². The lowest BCUT2D eigenvalue weighted by Gasteiger charge is -2.40. The number of aromatic nitrogens is 5. The Morgan fingerprint density at radius 3 is 2.66 bits per heavy atom. The number of benzene rings is 1. The number of amides is 1. The van der Waals surface area contributed by atoms with Crippen molar-refractivity contribution in [2.75, 3.05) is 32.1 Å². The molecule has 5 rings (SSSR count). The van der Waals surface area contributed by atoms with Gasteiger partial charge in [0.1, 0.15) is 22.9 Å². The van der Waals surface area contributed by atoms with Gasteiger partial charge in [0, 0.05) is 44.5 Å². The number of aryl methyl sites for hydroxylation is 1. The summed E-state index contributed by atoms with van der Waals surface area (Å²) >= 11 is 0. The summed E-state index contributed by atoms with van der Waals surface area (Å²) in [5.41, 5.74) is 1.52. The number of carbonyl (C=O) groups is 1. The Morgan fingerprint density at radius 2 is 1.95 bits per heavy atom. The van der Waals surface area contributed by atoms with Crippen LogP contribution in [0.15, 0.2) is 36.7 Å². The number of imidazole rings is 1. The van der Waals surface area contributed by atoms with Crippen molar-refractivity contribution >= 4 is 28.7 Å². The number of ether oxygens (including phenoxy) is 1. The Labute approximate surface area is 237 Å². The Kier molecular flexibility index (Phi) is 7.96. The van der Waals surface area contributed by atoms with Crippen molar-refractivity contribution in [1.29, 1.82) is 0 Å². The standard InChI is InChI=1S/C29H34F2N8O2/c1-17(2)39-18(3)35-27-21(30)10-20(11-23(27)39)26-22(31)14-34-28(37-26)36-24-7-6-19(13-33-24)15-38-8-9-41-29(4,16-38)12-25(40)32-5/h6-7,10-11,13-14,17H,8-9,12,15-16H2,1-5H3,(H,32,40)(H,33,34,36,37)/t29-/m1/s1. The summed E-state index contributed by atoms with van der Waals surface area (Å²) in [7, 11) is 1.62. The summed E-state index contributed by atoms with van der Waals surface area (Å²) < 4.78 is 37.7. The molecule has 1 aromatic carbocycles. The van der Waals surface area contributed by atoms with Crippen LogP contribution in [0.2, 0.25) is 0 Å². The number of halogens is 2. The second-order valence-electron chi connectivity index (χ2n) is 10.9. The molecule has 1 aliphatic heterocycles. The van der Waals surface area contributed by atoms with Crippen LogP contribution in [-0.2, 0) is 16.1 Å². The molecule has 0 aliphatic carbocycles. The number of hydrogen-bond donors (Lipinski definition) is 2. The number of nitrogens with zero attached hydrogens (tertiary/aromatic N) is 6. The first-order valence-corrected chi connectivity index (χ1v) is 13.5. The fraction of sp³-hybridized carbons (Fsp3) is 0.414. The molecule has 216 valence electrons. The lowest BCUT2D eigenvalue weighted by Crippen LogP contribution is -2.51. The minimum absolute atomic E-state index is 0.0267. The third-order valence-corrected chi connectivity index (χ3v) is 7.16. The molecule has 4 heterocycles. The molecule has 3 aromatic heterocycles. The van der Waals surface area contributed by atoms with E-state index in [1.54, 1.807) is 25.4 Å². The molecular weight excluding hydrogens is 530 g/mol. The molecule has 0 spiro atoms. The first kappa shape index (κ1) is 28.5. The number of hydrogen-bond acceptors (Lipinski definition) is 8. The van der Waals surface area contributed by atoms with E-state index in [9.17, 15) is 13.6 Å². The number of nitrogens with one attached hydrogen (secondary N) is 2. The molecule has 1 amide bonds. The van der Waals surface area contributed by atoms with Crippen LogP contribution >= 0.6 is 0 Å². The van der Waals surface area contributed by atoms with E-state index < -0.39 is 17.2 Å². The van der Waals surface area contributed by atoms with Crippen molar-refractivity contribution in [1.82, 2.24) is 34.7 Å². The molecule has 10 nitrogen and oxygen atoms in total. The Hall–Kier alpha value is -4.03. The highest BCUT2D eigenvalue weighted by atomic mass is 19.1. The van der Waals surface area contributed by atoms with Crippen LogP contribution in [0, 0.1) is 18.6 Å². The topological polar surface area (TPSA) is 110 Å². The summed E-state index contributed by atoms with van der Waals surface area (Å²) in [6.45, 7) is 10.3. The van der Waals surface area contributed by atoms with Gasteiger partial charge < -0.3 is 19.9 Å². The van der Waals surface area contributed by atoms with E-state index >= 15 is 0 Å². The Morgan fingerprint density at radius 1 is 1.15 bits per heavy atom. The molecular formula is C29H34F2N8O2. The van der Waals surface area contributed by atoms with Crippen molar-refractivity contribution in [3.63, 3.8) is 0 Å². The van der Waals surface area contributed by atoms with Gasteiger partial charge in [0.05, 0.1) is 30.3 Å². The van der Waals surface area contributed by atoms with Crippen molar-refractivity contribution in [2.24, 2.45) is 0 Å². The number of rotatable bonds is 8. The third-order valence-electron chi connectivity index (χ3n) is 7.16. The molecule has 0 unspecified atom stereocenters. The van der Waals surface area contributed by atoms with Gasteiger partial charge in [-0.3, -0.25) is 9.69 Å². The molecule has 12 heteroatoms. The van der Waals surface area contributed by atoms with Gasteiger partial charge in [0.25, 0.3) is 0 Å². The molecule has 1 saturated heterocycles. The van der Waals surface area contributed by atoms with E-state index in [4.69, 9.17) is 4.74 Å². The first-order chi connectivity index (χ1) is 19.5.